The van der Waals surface area contributed by atoms with E-state index in [1.807, 2.05) is 84.9 Å². The molecule has 2 heterocycles. The van der Waals surface area contributed by atoms with E-state index in [4.69, 9.17) is 34.8 Å². The Morgan fingerprint density at radius 3 is 1.16 bits per heavy atom. The summed E-state index contributed by atoms with van der Waals surface area (Å²) in [4.78, 5) is 16.8. The zero-order valence-electron chi connectivity index (χ0n) is 19.6. The van der Waals surface area contributed by atoms with Crippen LogP contribution in [0.3, 0.4) is 0 Å². The average molecular weight is 827 g/mol. The van der Waals surface area contributed by atoms with Crippen molar-refractivity contribution in [2.75, 3.05) is 0 Å². The molecule has 4 nitrogen and oxygen atoms in total. The standard InChI is InChI=1S/2C11H9N2.CHCl3.2CH3.2ClH.Fe.2Pd/c2*1-2-6-10(5-1)13-9-11-7-3-4-8-12-11;2-1(3)4;;;;;;;/h2*1-9H;1H;2*1H3;2*1H;;;/q2*-1;;2*-1;;;3*+2/p-2. The minimum absolute atomic E-state index is 0. The molecule has 0 aliphatic carbocycles. The van der Waals surface area contributed by atoms with Gasteiger partial charge in [-0.1, -0.05) is 46.9 Å². The maximum absolute atomic E-state index is 4.81. The summed E-state index contributed by atoms with van der Waals surface area (Å²) < 4.78 is -0.750. The second kappa shape index (κ2) is 31.8. The van der Waals surface area contributed by atoms with Crippen LogP contribution in [0.5, 0.6) is 0 Å². The second-order valence-corrected chi connectivity index (χ2v) is 7.54. The van der Waals surface area contributed by atoms with Crippen LogP contribution in [0, 0.1) is 14.9 Å². The van der Waals surface area contributed by atoms with Gasteiger partial charge in [-0.3, -0.25) is 9.97 Å². The number of rotatable bonds is 4. The summed E-state index contributed by atoms with van der Waals surface area (Å²) in [5.74, 6) is 0. The molecule has 0 saturated carbocycles. The zero-order chi connectivity index (χ0) is 21.4. The molecule has 4 rings (SSSR count). The number of hydrogen-bond donors (Lipinski definition) is 0. The van der Waals surface area contributed by atoms with Crippen molar-refractivity contribution in [1.82, 2.24) is 9.97 Å². The molecule has 208 valence electrons. The van der Waals surface area contributed by atoms with Gasteiger partial charge in [0.2, 0.25) is 0 Å². The summed E-state index contributed by atoms with van der Waals surface area (Å²) >= 11 is 14.4. The van der Waals surface area contributed by atoms with Gasteiger partial charge in [0.1, 0.15) is 0 Å². The van der Waals surface area contributed by atoms with Gasteiger partial charge in [0.15, 0.2) is 4.30 Å². The van der Waals surface area contributed by atoms with Gasteiger partial charge in [-0.05, 0) is 48.1 Å². The molecular weight excluding hydrogens is 802 g/mol. The fourth-order valence-electron chi connectivity index (χ4n) is 2.09. The number of halogens is 5. The Hall–Kier alpha value is -0.366. The summed E-state index contributed by atoms with van der Waals surface area (Å²) in [6, 6.07) is 27.2. The summed E-state index contributed by atoms with van der Waals surface area (Å²) in [6.07, 6.45) is 7.03. The van der Waals surface area contributed by atoms with E-state index >= 15 is 0 Å². The van der Waals surface area contributed by atoms with Crippen molar-refractivity contribution in [3.05, 3.63) is 124 Å². The summed E-state index contributed by atoms with van der Waals surface area (Å²) in [5, 5.41) is 0. The van der Waals surface area contributed by atoms with Gasteiger partial charge in [-0.2, -0.15) is 24.3 Å². The molecule has 0 saturated heterocycles. The average Bonchev–Trinajstić information content (AvgIpc) is 3.47. The third kappa shape index (κ3) is 25.7. The molecule has 0 atom stereocenters. The molecule has 2 aromatic heterocycles. The van der Waals surface area contributed by atoms with E-state index < -0.39 is 4.30 Å². The molecule has 0 amide bonds. The summed E-state index contributed by atoms with van der Waals surface area (Å²) in [7, 11) is 0. The van der Waals surface area contributed by atoms with Gasteiger partial charge in [-0.25, -0.2) is 0 Å². The normalized spacial score (nSPS) is 8.54. The molecule has 0 radical (unpaired) electrons. The van der Waals surface area contributed by atoms with E-state index in [9.17, 15) is 0 Å². The first-order valence-electron chi connectivity index (χ1n) is 8.89. The largest absolute Gasteiger partial charge is 2.00 e. The predicted molar refractivity (Wildman–Crippen MR) is 141 cm³/mol. The molecule has 2 aromatic carbocycles. The van der Waals surface area contributed by atoms with E-state index in [1.54, 1.807) is 24.8 Å². The molecule has 4 aromatic rings. The number of aliphatic imine (C=N–C) groups is 2. The molecule has 0 spiro atoms. The van der Waals surface area contributed by atoms with Crippen LogP contribution >= 0.6 is 34.8 Å². The topological polar surface area (TPSA) is 50.5 Å². The van der Waals surface area contributed by atoms with Crippen molar-refractivity contribution in [1.29, 1.82) is 0 Å². The Morgan fingerprint density at radius 2 is 0.919 bits per heavy atom. The van der Waals surface area contributed by atoms with E-state index in [2.05, 4.69) is 20.0 Å². The van der Waals surface area contributed by atoms with Crippen molar-refractivity contribution in [2.45, 2.75) is 4.30 Å². The van der Waals surface area contributed by atoms with Crippen LogP contribution in [0.2, 0.25) is 0 Å². The number of hydrogen-bond acceptors (Lipinski definition) is 4. The van der Waals surface area contributed by atoms with Gasteiger partial charge in [0.25, 0.3) is 0 Å². The Morgan fingerprint density at radius 1 is 0.622 bits per heavy atom. The SMILES string of the molecule is C(=N[c-]1cccc1)c1ccccn1.C(=N[c-]1cccc1)c1ccccn1.ClC(Cl)Cl.[CH3-].[CH3-].[Cl-].[Cl-].[Fe+2].[Pd+2].[Pd+2]. The van der Waals surface area contributed by atoms with Crippen LogP contribution in [-0.4, -0.2) is 26.7 Å². The molecule has 37 heavy (non-hydrogen) atoms. The van der Waals surface area contributed by atoms with Crippen molar-refractivity contribution in [3.8, 4) is 0 Å². The first kappa shape index (κ1) is 49.6. The minimum Gasteiger partial charge on any atom is -1.00 e. The zero-order valence-corrected chi connectivity index (χ0v) is 27.6. The number of aromatic nitrogens is 2. The van der Waals surface area contributed by atoms with Gasteiger partial charge < -0.3 is 49.7 Å². The number of nitrogens with zero attached hydrogens (tertiary/aromatic N) is 4. The second-order valence-electron chi connectivity index (χ2n) is 5.56. The Labute approximate surface area is 286 Å². The quantitative estimate of drug-likeness (QED) is 0.137. The van der Waals surface area contributed by atoms with Crippen LogP contribution in [0.1, 0.15) is 11.4 Å². The van der Waals surface area contributed by atoms with E-state index in [-0.39, 0.29) is 97.6 Å². The third-order valence-corrected chi connectivity index (χ3v) is 3.36. The van der Waals surface area contributed by atoms with Crippen LogP contribution < -0.4 is 24.8 Å². The monoisotopic (exact) mass is 824 g/mol. The summed E-state index contributed by atoms with van der Waals surface area (Å²) in [6.45, 7) is 0. The van der Waals surface area contributed by atoms with Crippen molar-refractivity contribution >= 4 is 58.6 Å². The molecule has 0 bridgehead atoms. The van der Waals surface area contributed by atoms with E-state index in [0.29, 0.717) is 0 Å². The van der Waals surface area contributed by atoms with E-state index in [0.717, 1.165) is 22.8 Å². The molecule has 0 aliphatic heterocycles. The Kier molecular flexibility index (Phi) is 42.7. The van der Waals surface area contributed by atoms with Gasteiger partial charge >= 0.3 is 57.9 Å². The smallest absolute Gasteiger partial charge is 1.00 e. The summed E-state index contributed by atoms with van der Waals surface area (Å²) in [5.41, 5.74) is 3.68. The fraction of sp³-hybridized carbons (Fsp3) is 0.0400. The van der Waals surface area contributed by atoms with Crippen LogP contribution in [0.4, 0.5) is 11.4 Å². The molecule has 0 aliphatic rings. The molecule has 0 fully saturated rings. The first-order valence-corrected chi connectivity index (χ1v) is 10.2. The first-order chi connectivity index (χ1) is 14.6. The van der Waals surface area contributed by atoms with Crippen molar-refractivity contribution < 1.29 is 82.7 Å². The minimum atomic E-state index is -0.750. The third-order valence-electron chi connectivity index (χ3n) is 3.36. The van der Waals surface area contributed by atoms with Crippen LogP contribution in [0.25, 0.3) is 0 Å². The molecule has 12 heteroatoms. The fourth-order valence-corrected chi connectivity index (χ4v) is 2.09. The van der Waals surface area contributed by atoms with Crippen LogP contribution in [0.15, 0.2) is 107 Å². The van der Waals surface area contributed by atoms with Crippen LogP contribution in [-0.2, 0) is 57.9 Å². The number of alkyl halides is 3. The molecular formula is C25H25Cl5FeN4Pd2. The van der Waals surface area contributed by atoms with Gasteiger partial charge in [-0.15, -0.1) is 24.3 Å². The predicted octanol–water partition coefficient (Wildman–Crippen LogP) is 1.99. The number of pyridine rings is 2. The van der Waals surface area contributed by atoms with Gasteiger partial charge in [0.05, 0.1) is 0 Å². The van der Waals surface area contributed by atoms with Gasteiger partial charge in [0, 0.05) is 23.8 Å². The Balaban J connectivity index is -0.0000000975. The maximum Gasteiger partial charge on any atom is 2.00 e. The molecule has 0 unspecified atom stereocenters. The van der Waals surface area contributed by atoms with Crippen molar-refractivity contribution in [2.24, 2.45) is 9.98 Å². The van der Waals surface area contributed by atoms with E-state index in [1.165, 1.54) is 0 Å². The maximum atomic E-state index is 4.81. The van der Waals surface area contributed by atoms with Crippen molar-refractivity contribution in [3.63, 3.8) is 0 Å². The molecule has 0 N–H and O–H groups in total. The Bertz CT molecular complexity index is 908.